The van der Waals surface area contributed by atoms with Gasteiger partial charge in [0.2, 0.25) is 10.0 Å². The summed E-state index contributed by atoms with van der Waals surface area (Å²) in [5, 5.41) is 6.33. The Labute approximate surface area is 187 Å². The Balaban J connectivity index is 1.48. The lowest BCUT2D eigenvalue weighted by Crippen LogP contribution is -2.36. The lowest BCUT2D eigenvalue weighted by Gasteiger charge is -2.25. The quantitative estimate of drug-likeness (QED) is 0.462. The van der Waals surface area contributed by atoms with Crippen LogP contribution in [0.25, 0.3) is 0 Å². The fourth-order valence-electron chi connectivity index (χ4n) is 3.20. The molecule has 1 aliphatic rings. The zero-order chi connectivity index (χ0) is 23.0. The van der Waals surface area contributed by atoms with Gasteiger partial charge in [0, 0.05) is 18.7 Å². The number of hydrogen-bond acceptors (Lipinski definition) is 6. The van der Waals surface area contributed by atoms with E-state index in [9.17, 15) is 18.0 Å². The molecule has 2 aromatic carbocycles. The Morgan fingerprint density at radius 2 is 1.69 bits per heavy atom. The van der Waals surface area contributed by atoms with Gasteiger partial charge in [0.05, 0.1) is 24.8 Å². The summed E-state index contributed by atoms with van der Waals surface area (Å²) in [6.45, 7) is 0.758. The topological polar surface area (TPSA) is 117 Å². The van der Waals surface area contributed by atoms with Crippen molar-refractivity contribution in [3.05, 3.63) is 59.7 Å². The zero-order valence-corrected chi connectivity index (χ0v) is 18.6. The fraction of sp³-hybridized carbons (Fsp3) is 0.318. The molecule has 9 nitrogen and oxygen atoms in total. The normalized spacial score (nSPS) is 14.8. The van der Waals surface area contributed by atoms with Crippen molar-refractivity contribution in [2.75, 3.05) is 26.7 Å². The molecule has 170 valence electrons. The van der Waals surface area contributed by atoms with E-state index in [4.69, 9.17) is 4.74 Å². The number of hydrogen-bond donors (Lipinski definition) is 2. The highest BCUT2D eigenvalue weighted by Crippen LogP contribution is 2.20. The van der Waals surface area contributed by atoms with E-state index < -0.39 is 21.8 Å². The van der Waals surface area contributed by atoms with Gasteiger partial charge in [-0.05, 0) is 66.9 Å². The first-order valence-electron chi connectivity index (χ1n) is 10.2. The third-order valence-electron chi connectivity index (χ3n) is 5.00. The Morgan fingerprint density at radius 3 is 2.31 bits per heavy atom. The SMILES string of the molecule is COc1ccc(/C=N/NC(=O)CNC(=O)c2ccc(S(=O)(=O)N3CCCCC3)cc2)cc1. The minimum Gasteiger partial charge on any atom is -0.497 e. The minimum absolute atomic E-state index is 0.154. The van der Waals surface area contributed by atoms with Crippen molar-refractivity contribution in [2.24, 2.45) is 5.10 Å². The first-order valence-corrected chi connectivity index (χ1v) is 11.7. The maximum absolute atomic E-state index is 12.7. The molecule has 0 unspecified atom stereocenters. The van der Waals surface area contributed by atoms with Crippen LogP contribution in [0, 0.1) is 0 Å². The standard InChI is InChI=1S/C22H26N4O5S/c1-31-19-9-5-17(6-10-19)15-24-25-21(27)16-23-22(28)18-7-11-20(12-8-18)32(29,30)26-13-3-2-4-14-26/h5-12,15H,2-4,13-14,16H2,1H3,(H,23,28)(H,25,27)/b24-15+. The van der Waals surface area contributed by atoms with Crippen molar-refractivity contribution in [2.45, 2.75) is 24.2 Å². The average molecular weight is 459 g/mol. The van der Waals surface area contributed by atoms with Gasteiger partial charge in [-0.2, -0.15) is 9.41 Å². The number of carbonyl (C=O) groups excluding carboxylic acids is 2. The molecule has 1 aliphatic heterocycles. The molecule has 1 fully saturated rings. The number of nitrogens with zero attached hydrogens (tertiary/aromatic N) is 2. The van der Waals surface area contributed by atoms with E-state index in [0.29, 0.717) is 18.8 Å². The number of benzene rings is 2. The van der Waals surface area contributed by atoms with Crippen LogP contribution in [0.1, 0.15) is 35.2 Å². The first-order chi connectivity index (χ1) is 15.4. The molecule has 2 N–H and O–H groups in total. The number of piperidine rings is 1. The second-order valence-electron chi connectivity index (χ2n) is 7.24. The molecule has 32 heavy (non-hydrogen) atoms. The molecule has 2 amide bonds. The summed E-state index contributed by atoms with van der Waals surface area (Å²) in [4.78, 5) is 24.3. The van der Waals surface area contributed by atoms with Crippen LogP contribution in [0.15, 0.2) is 58.5 Å². The van der Waals surface area contributed by atoms with Gasteiger partial charge in [0.25, 0.3) is 11.8 Å². The van der Waals surface area contributed by atoms with Gasteiger partial charge in [-0.25, -0.2) is 13.8 Å². The van der Waals surface area contributed by atoms with Gasteiger partial charge < -0.3 is 10.1 Å². The summed E-state index contributed by atoms with van der Waals surface area (Å²) < 4.78 is 31.9. The van der Waals surface area contributed by atoms with Crippen molar-refractivity contribution in [1.29, 1.82) is 0 Å². The van der Waals surface area contributed by atoms with Gasteiger partial charge in [-0.3, -0.25) is 9.59 Å². The summed E-state index contributed by atoms with van der Waals surface area (Å²) in [5.74, 6) is -0.264. The Morgan fingerprint density at radius 1 is 1.03 bits per heavy atom. The lowest BCUT2D eigenvalue weighted by atomic mass is 10.2. The predicted octanol–water partition coefficient (Wildman–Crippen LogP) is 1.75. The van der Waals surface area contributed by atoms with Crippen molar-refractivity contribution in [3.8, 4) is 5.75 Å². The molecular weight excluding hydrogens is 432 g/mol. The fourth-order valence-corrected chi connectivity index (χ4v) is 4.72. The molecule has 1 saturated heterocycles. The summed E-state index contributed by atoms with van der Waals surface area (Å²) in [5.41, 5.74) is 3.37. The number of ether oxygens (including phenoxy) is 1. The number of carbonyl (C=O) groups is 2. The molecule has 0 saturated carbocycles. The molecule has 0 atom stereocenters. The molecule has 0 aliphatic carbocycles. The summed E-state index contributed by atoms with van der Waals surface area (Å²) in [7, 11) is -1.98. The number of rotatable bonds is 8. The minimum atomic E-state index is -3.55. The molecule has 0 bridgehead atoms. The largest absolute Gasteiger partial charge is 0.497 e. The van der Waals surface area contributed by atoms with Crippen LogP contribution in [-0.2, 0) is 14.8 Å². The first kappa shape index (κ1) is 23.4. The summed E-state index contributed by atoms with van der Waals surface area (Å²) >= 11 is 0. The van der Waals surface area contributed by atoms with Gasteiger partial charge in [0.15, 0.2) is 0 Å². The molecule has 0 spiro atoms. The van der Waals surface area contributed by atoms with Crippen molar-refractivity contribution >= 4 is 28.1 Å². The highest BCUT2D eigenvalue weighted by molar-refractivity contribution is 7.89. The molecule has 0 radical (unpaired) electrons. The highest BCUT2D eigenvalue weighted by Gasteiger charge is 2.25. The Bertz CT molecular complexity index is 1060. The van der Waals surface area contributed by atoms with Crippen LogP contribution in [0.3, 0.4) is 0 Å². The monoisotopic (exact) mass is 458 g/mol. The number of sulfonamides is 1. The van der Waals surface area contributed by atoms with Crippen LogP contribution < -0.4 is 15.5 Å². The third kappa shape index (κ3) is 6.14. The van der Waals surface area contributed by atoms with Crippen LogP contribution in [0.2, 0.25) is 0 Å². The van der Waals surface area contributed by atoms with Crippen LogP contribution in [0.5, 0.6) is 5.75 Å². The van der Waals surface area contributed by atoms with E-state index >= 15 is 0 Å². The zero-order valence-electron chi connectivity index (χ0n) is 17.8. The average Bonchev–Trinajstić information content (AvgIpc) is 2.83. The molecule has 3 rings (SSSR count). The Hall–Kier alpha value is -3.24. The molecule has 0 aromatic heterocycles. The van der Waals surface area contributed by atoms with E-state index in [2.05, 4.69) is 15.8 Å². The Kier molecular flexibility index (Phi) is 7.96. The maximum Gasteiger partial charge on any atom is 0.259 e. The summed E-state index contributed by atoms with van der Waals surface area (Å²) in [6.07, 6.45) is 4.21. The molecule has 10 heteroatoms. The van der Waals surface area contributed by atoms with Crippen molar-refractivity contribution < 1.29 is 22.7 Å². The van der Waals surface area contributed by atoms with E-state index in [-0.39, 0.29) is 17.0 Å². The van der Waals surface area contributed by atoms with Crippen LogP contribution in [0.4, 0.5) is 0 Å². The number of hydrazone groups is 1. The second-order valence-corrected chi connectivity index (χ2v) is 9.18. The highest BCUT2D eigenvalue weighted by atomic mass is 32.2. The van der Waals surface area contributed by atoms with Crippen LogP contribution >= 0.6 is 0 Å². The number of amides is 2. The van der Waals surface area contributed by atoms with Gasteiger partial charge in [-0.1, -0.05) is 6.42 Å². The van der Waals surface area contributed by atoms with E-state index in [1.54, 1.807) is 31.4 Å². The lowest BCUT2D eigenvalue weighted by molar-refractivity contribution is -0.120. The van der Waals surface area contributed by atoms with Gasteiger partial charge in [-0.15, -0.1) is 0 Å². The predicted molar refractivity (Wildman–Crippen MR) is 120 cm³/mol. The van der Waals surface area contributed by atoms with E-state index in [0.717, 1.165) is 24.8 Å². The molecule has 1 heterocycles. The maximum atomic E-state index is 12.7. The number of nitrogens with one attached hydrogen (secondary N) is 2. The smallest absolute Gasteiger partial charge is 0.259 e. The van der Waals surface area contributed by atoms with Gasteiger partial charge >= 0.3 is 0 Å². The summed E-state index contributed by atoms with van der Waals surface area (Å²) in [6, 6.07) is 12.8. The van der Waals surface area contributed by atoms with Crippen molar-refractivity contribution in [1.82, 2.24) is 15.0 Å². The van der Waals surface area contributed by atoms with Gasteiger partial charge in [0.1, 0.15) is 5.75 Å². The van der Waals surface area contributed by atoms with Crippen molar-refractivity contribution in [3.63, 3.8) is 0 Å². The van der Waals surface area contributed by atoms with E-state index in [1.165, 1.54) is 34.8 Å². The second kappa shape index (κ2) is 10.9. The number of methoxy groups -OCH3 is 1. The third-order valence-corrected chi connectivity index (χ3v) is 6.91. The molecular formula is C22H26N4O5S. The molecule has 2 aromatic rings. The van der Waals surface area contributed by atoms with Crippen LogP contribution in [-0.4, -0.2) is 57.5 Å². The van der Waals surface area contributed by atoms with E-state index in [1.807, 2.05) is 0 Å².